The Hall–Kier alpha value is -7.62. The van der Waals surface area contributed by atoms with Crippen LogP contribution in [0.5, 0.6) is 0 Å². The van der Waals surface area contributed by atoms with Gasteiger partial charge in [-0.2, -0.15) is 0 Å². The molecular weight excluding hydrogens is 727 g/mol. The monoisotopic (exact) mass is 765 g/mol. The third-order valence-electron chi connectivity index (χ3n) is 13.5. The molecule has 13 rings (SSSR count). The summed E-state index contributed by atoms with van der Waals surface area (Å²) in [5.41, 5.74) is 18.5. The van der Waals surface area contributed by atoms with Gasteiger partial charge in [0.15, 0.2) is 0 Å². The van der Waals surface area contributed by atoms with Gasteiger partial charge in [0.05, 0.1) is 27.6 Å². The van der Waals surface area contributed by atoms with Gasteiger partial charge >= 0.3 is 0 Å². The summed E-state index contributed by atoms with van der Waals surface area (Å²) in [7, 11) is 0. The first-order chi connectivity index (χ1) is 29.5. The molecule has 0 unspecified atom stereocenters. The Bertz CT molecular complexity index is 3620. The van der Waals surface area contributed by atoms with Gasteiger partial charge in [0.2, 0.25) is 0 Å². The van der Waals surface area contributed by atoms with E-state index in [0.717, 1.165) is 22.7 Å². The first-order valence-electron chi connectivity index (χ1n) is 20.9. The molecule has 3 heterocycles. The third kappa shape index (κ3) is 4.49. The van der Waals surface area contributed by atoms with E-state index >= 15 is 0 Å². The van der Waals surface area contributed by atoms with Gasteiger partial charge in [-0.3, -0.25) is 0 Å². The maximum Gasteiger partial charge on any atom is 0.0620 e. The van der Waals surface area contributed by atoms with Crippen LogP contribution in [0.25, 0.3) is 87.8 Å². The molecule has 12 aromatic rings. The van der Waals surface area contributed by atoms with Gasteiger partial charge in [-0.25, -0.2) is 0 Å². The molecule has 0 N–H and O–H groups in total. The maximum absolute atomic E-state index is 2.49. The standard InChI is InChI=1S/C57H39N3/c1-57(2)50-21-7-3-13-42(50)49-35-40(33-34-51(49)57)58(38-29-31-39(32-30-38)59-52-22-8-4-14-43(52)44-15-5-9-23-53(44)59)37-27-25-36(26-28-37)41-17-11-19-47-48-20-12-18-46-45-16-6-10-24-54(45)60(55(41)47)56(46)48/h3-35H,1-2H3. The van der Waals surface area contributed by atoms with Gasteiger partial charge in [0.1, 0.15) is 0 Å². The second-order valence-electron chi connectivity index (χ2n) is 16.9. The number of nitrogens with zero attached hydrogens (tertiary/aromatic N) is 3. The van der Waals surface area contributed by atoms with E-state index in [9.17, 15) is 0 Å². The lowest BCUT2D eigenvalue weighted by molar-refractivity contribution is 0.660. The molecule has 0 atom stereocenters. The van der Waals surface area contributed by atoms with Crippen LogP contribution in [0.4, 0.5) is 17.1 Å². The molecule has 0 saturated carbocycles. The Morgan fingerprint density at radius 3 is 1.55 bits per heavy atom. The van der Waals surface area contributed by atoms with Crippen molar-refractivity contribution >= 4 is 77.0 Å². The van der Waals surface area contributed by atoms with Crippen molar-refractivity contribution in [3.63, 3.8) is 0 Å². The number of rotatable bonds is 5. The molecule has 3 heteroatoms. The molecule has 0 spiro atoms. The van der Waals surface area contributed by atoms with Crippen LogP contribution in [0, 0.1) is 0 Å². The molecule has 3 aromatic heterocycles. The Morgan fingerprint density at radius 1 is 0.367 bits per heavy atom. The molecule has 282 valence electrons. The van der Waals surface area contributed by atoms with Crippen LogP contribution < -0.4 is 4.90 Å². The summed E-state index contributed by atoms with van der Waals surface area (Å²) in [6.45, 7) is 4.70. The normalized spacial score (nSPS) is 13.3. The Labute approximate surface area is 347 Å². The van der Waals surface area contributed by atoms with Gasteiger partial charge < -0.3 is 13.9 Å². The number of benzene rings is 9. The minimum absolute atomic E-state index is 0.0624. The minimum atomic E-state index is -0.0624. The predicted molar refractivity (Wildman–Crippen MR) is 253 cm³/mol. The Kier molecular flexibility index (Phi) is 6.78. The van der Waals surface area contributed by atoms with Crippen molar-refractivity contribution in [3.8, 4) is 27.9 Å². The molecule has 0 bridgehead atoms. The van der Waals surface area contributed by atoms with E-state index in [1.807, 2.05) is 0 Å². The van der Waals surface area contributed by atoms with Crippen molar-refractivity contribution in [3.05, 3.63) is 211 Å². The SMILES string of the molecule is CC1(C)c2ccccc2-c2cc(N(c3ccc(-c4cccc5c6cccc7c8ccccc8n(c45)c76)cc3)c3ccc(-n4c5ccccc5c5ccccc54)cc3)ccc21. The smallest absolute Gasteiger partial charge is 0.0620 e. The van der Waals surface area contributed by atoms with Gasteiger partial charge in [0.25, 0.3) is 0 Å². The molecule has 0 radical (unpaired) electrons. The fraction of sp³-hybridized carbons (Fsp3) is 0.0526. The molecule has 0 saturated heterocycles. The zero-order chi connectivity index (χ0) is 39.7. The van der Waals surface area contributed by atoms with Crippen LogP contribution in [-0.4, -0.2) is 8.97 Å². The molecule has 0 aliphatic heterocycles. The first kappa shape index (κ1) is 33.4. The fourth-order valence-corrected chi connectivity index (χ4v) is 10.7. The van der Waals surface area contributed by atoms with Crippen molar-refractivity contribution in [1.82, 2.24) is 8.97 Å². The molecule has 0 amide bonds. The van der Waals surface area contributed by atoms with Crippen molar-refractivity contribution in [1.29, 1.82) is 0 Å². The Balaban J connectivity index is 0.978. The van der Waals surface area contributed by atoms with Crippen molar-refractivity contribution in [2.24, 2.45) is 0 Å². The summed E-state index contributed by atoms with van der Waals surface area (Å²) in [6, 6.07) is 74.1. The van der Waals surface area contributed by atoms with Crippen LogP contribution in [0.3, 0.4) is 0 Å². The van der Waals surface area contributed by atoms with Gasteiger partial charge in [0, 0.05) is 66.0 Å². The van der Waals surface area contributed by atoms with Crippen molar-refractivity contribution in [2.45, 2.75) is 19.3 Å². The van der Waals surface area contributed by atoms with Crippen LogP contribution in [0.2, 0.25) is 0 Å². The lowest BCUT2D eigenvalue weighted by Crippen LogP contribution is -2.15. The molecule has 9 aromatic carbocycles. The molecule has 60 heavy (non-hydrogen) atoms. The Morgan fingerprint density at radius 2 is 0.850 bits per heavy atom. The van der Waals surface area contributed by atoms with Crippen LogP contribution >= 0.6 is 0 Å². The highest BCUT2D eigenvalue weighted by Crippen LogP contribution is 2.51. The maximum atomic E-state index is 2.49. The largest absolute Gasteiger partial charge is 0.310 e. The summed E-state index contributed by atoms with van der Waals surface area (Å²) in [4.78, 5) is 2.42. The van der Waals surface area contributed by atoms with E-state index < -0.39 is 0 Å². The molecule has 1 aliphatic carbocycles. The highest BCUT2D eigenvalue weighted by Gasteiger charge is 2.35. The van der Waals surface area contributed by atoms with Crippen molar-refractivity contribution in [2.75, 3.05) is 4.90 Å². The fourth-order valence-electron chi connectivity index (χ4n) is 10.7. The van der Waals surface area contributed by atoms with Crippen molar-refractivity contribution < 1.29 is 0 Å². The minimum Gasteiger partial charge on any atom is -0.310 e. The lowest BCUT2D eigenvalue weighted by atomic mass is 9.82. The number of para-hydroxylation sites is 5. The van der Waals surface area contributed by atoms with E-state index in [2.05, 4.69) is 228 Å². The zero-order valence-electron chi connectivity index (χ0n) is 33.4. The van der Waals surface area contributed by atoms with E-state index in [0.29, 0.717) is 0 Å². The lowest BCUT2D eigenvalue weighted by Gasteiger charge is -2.27. The van der Waals surface area contributed by atoms with Crippen LogP contribution in [0.15, 0.2) is 200 Å². The summed E-state index contributed by atoms with van der Waals surface area (Å²) < 4.78 is 4.88. The molecular formula is C57H39N3. The topological polar surface area (TPSA) is 12.6 Å². The average molecular weight is 766 g/mol. The van der Waals surface area contributed by atoms with Gasteiger partial charge in [-0.1, -0.05) is 147 Å². The van der Waals surface area contributed by atoms with E-state index in [1.165, 1.54) is 93.3 Å². The van der Waals surface area contributed by atoms with E-state index in [-0.39, 0.29) is 5.41 Å². The number of aromatic nitrogens is 2. The summed E-state index contributed by atoms with van der Waals surface area (Å²) >= 11 is 0. The highest BCUT2D eigenvalue weighted by molar-refractivity contribution is 6.25. The third-order valence-corrected chi connectivity index (χ3v) is 13.5. The number of fused-ring (bicyclic) bond motifs is 12. The first-order valence-corrected chi connectivity index (χ1v) is 20.9. The predicted octanol–water partition coefficient (Wildman–Crippen LogP) is 15.4. The zero-order valence-corrected chi connectivity index (χ0v) is 33.4. The number of anilines is 3. The van der Waals surface area contributed by atoms with Gasteiger partial charge in [-0.15, -0.1) is 0 Å². The van der Waals surface area contributed by atoms with Gasteiger partial charge in [-0.05, 0) is 94.5 Å². The summed E-state index contributed by atoms with van der Waals surface area (Å²) in [6.07, 6.45) is 0. The number of hydrogen-bond donors (Lipinski definition) is 0. The molecule has 3 nitrogen and oxygen atoms in total. The second kappa shape index (κ2) is 12.2. The molecule has 0 fully saturated rings. The second-order valence-corrected chi connectivity index (χ2v) is 16.9. The summed E-state index contributed by atoms with van der Waals surface area (Å²) in [5.74, 6) is 0. The average Bonchev–Trinajstić information content (AvgIpc) is 4.00. The van der Waals surface area contributed by atoms with Crippen LogP contribution in [0.1, 0.15) is 25.0 Å². The van der Waals surface area contributed by atoms with E-state index in [4.69, 9.17) is 0 Å². The van der Waals surface area contributed by atoms with Crippen LogP contribution in [-0.2, 0) is 5.41 Å². The number of hydrogen-bond acceptors (Lipinski definition) is 1. The quantitative estimate of drug-likeness (QED) is 0.170. The van der Waals surface area contributed by atoms with E-state index in [1.54, 1.807) is 0 Å². The molecule has 1 aliphatic rings. The highest BCUT2D eigenvalue weighted by atomic mass is 15.1. The summed E-state index contributed by atoms with van der Waals surface area (Å²) in [5, 5.41) is 7.72.